The number of nitrogens with one attached hydrogen (secondary N) is 1. The highest BCUT2D eigenvalue weighted by atomic mass is 16.5. The van der Waals surface area contributed by atoms with Crippen molar-refractivity contribution >= 4 is 23.1 Å². The lowest BCUT2D eigenvalue weighted by Crippen LogP contribution is -2.44. The van der Waals surface area contributed by atoms with Gasteiger partial charge in [-0.2, -0.15) is 0 Å². The van der Waals surface area contributed by atoms with Crippen molar-refractivity contribution in [3.63, 3.8) is 0 Å². The van der Waals surface area contributed by atoms with Gasteiger partial charge in [0.05, 0.1) is 30.0 Å². The van der Waals surface area contributed by atoms with Crippen LogP contribution in [0, 0.1) is 16.2 Å². The first-order chi connectivity index (χ1) is 12.3. The Morgan fingerprint density at radius 1 is 1.12 bits per heavy atom. The third kappa shape index (κ3) is 2.19. The van der Waals surface area contributed by atoms with Crippen LogP contribution >= 0.6 is 0 Å². The van der Waals surface area contributed by atoms with Crippen LogP contribution in [0.15, 0.2) is 24.3 Å². The quantitative estimate of drug-likeness (QED) is 0.903. The van der Waals surface area contributed by atoms with Crippen molar-refractivity contribution in [1.82, 2.24) is 0 Å². The molecule has 1 saturated heterocycles. The number of fused-ring (bicyclic) bond motifs is 2. The zero-order valence-corrected chi connectivity index (χ0v) is 15.9. The van der Waals surface area contributed by atoms with Gasteiger partial charge in [0.1, 0.15) is 5.78 Å². The number of rotatable bonds is 3. The van der Waals surface area contributed by atoms with Gasteiger partial charge < -0.3 is 15.0 Å². The number of para-hydroxylation sites is 2. The first-order valence-electron chi connectivity index (χ1n) is 9.58. The largest absolute Gasteiger partial charge is 0.378 e. The summed E-state index contributed by atoms with van der Waals surface area (Å²) in [5, 5.41) is 3.19. The summed E-state index contributed by atoms with van der Waals surface area (Å²) in [6.07, 6.45) is 1.95. The number of ether oxygens (including phenoxy) is 1. The molecular formula is C21H28N2O3. The molecule has 0 aromatic heterocycles. The number of hydrogen-bond donors (Lipinski definition) is 1. The highest BCUT2D eigenvalue weighted by Crippen LogP contribution is 2.70. The van der Waals surface area contributed by atoms with Crippen LogP contribution in [0.1, 0.15) is 40.0 Å². The monoisotopic (exact) mass is 356 g/mol. The normalized spacial score (nSPS) is 32.7. The number of benzene rings is 1. The number of anilines is 2. The van der Waals surface area contributed by atoms with E-state index < -0.39 is 5.41 Å². The van der Waals surface area contributed by atoms with Crippen LogP contribution < -0.4 is 10.2 Å². The van der Waals surface area contributed by atoms with Crippen LogP contribution in [0.25, 0.3) is 0 Å². The Morgan fingerprint density at radius 2 is 1.81 bits per heavy atom. The number of ketones is 1. The molecule has 26 heavy (non-hydrogen) atoms. The highest BCUT2D eigenvalue weighted by Gasteiger charge is 2.72. The van der Waals surface area contributed by atoms with Crippen LogP contribution in [0.2, 0.25) is 0 Å². The van der Waals surface area contributed by atoms with Gasteiger partial charge in [0.15, 0.2) is 0 Å². The Labute approximate surface area is 155 Å². The number of hydrogen-bond acceptors (Lipinski definition) is 4. The average Bonchev–Trinajstić information content (AvgIpc) is 2.93. The van der Waals surface area contributed by atoms with Gasteiger partial charge in [-0.1, -0.05) is 32.9 Å². The van der Waals surface area contributed by atoms with Crippen LogP contribution in [0.4, 0.5) is 11.4 Å². The topological polar surface area (TPSA) is 58.6 Å². The predicted octanol–water partition coefficient (Wildman–Crippen LogP) is 3.25. The second-order valence-electron chi connectivity index (χ2n) is 8.71. The van der Waals surface area contributed by atoms with E-state index in [1.807, 2.05) is 31.2 Å². The number of nitrogens with zero attached hydrogens (tertiary/aromatic N) is 1. The first-order valence-corrected chi connectivity index (χ1v) is 9.58. The molecule has 2 aliphatic carbocycles. The molecule has 2 atom stereocenters. The summed E-state index contributed by atoms with van der Waals surface area (Å²) in [5.41, 5.74) is 0.557. The molecule has 1 aromatic rings. The zero-order chi connectivity index (χ0) is 18.6. The molecule has 1 amide bonds. The summed E-state index contributed by atoms with van der Waals surface area (Å²) in [6.45, 7) is 9.27. The van der Waals surface area contributed by atoms with E-state index in [-0.39, 0.29) is 22.5 Å². The van der Waals surface area contributed by atoms with E-state index in [0.29, 0.717) is 19.6 Å². The van der Waals surface area contributed by atoms with Gasteiger partial charge in [0.25, 0.3) is 0 Å². The van der Waals surface area contributed by atoms with Crippen LogP contribution in [0.5, 0.6) is 0 Å². The smallest absolute Gasteiger partial charge is 0.231 e. The zero-order valence-electron chi connectivity index (χ0n) is 15.9. The van der Waals surface area contributed by atoms with Crippen LogP contribution in [0.3, 0.4) is 0 Å². The van der Waals surface area contributed by atoms with Crippen LogP contribution in [-0.2, 0) is 14.3 Å². The Hall–Kier alpha value is -1.88. The van der Waals surface area contributed by atoms with Crippen molar-refractivity contribution in [1.29, 1.82) is 0 Å². The van der Waals surface area contributed by atoms with Gasteiger partial charge in [-0.15, -0.1) is 0 Å². The highest BCUT2D eigenvalue weighted by molar-refractivity contribution is 6.05. The molecule has 1 aromatic carbocycles. The lowest BCUT2D eigenvalue weighted by Gasteiger charge is -2.39. The number of amides is 1. The Kier molecular flexibility index (Phi) is 3.92. The predicted molar refractivity (Wildman–Crippen MR) is 101 cm³/mol. The van der Waals surface area contributed by atoms with Crippen molar-refractivity contribution < 1.29 is 14.3 Å². The molecule has 1 heterocycles. The lowest BCUT2D eigenvalue weighted by atomic mass is 9.64. The minimum Gasteiger partial charge on any atom is -0.378 e. The van der Waals surface area contributed by atoms with Gasteiger partial charge in [-0.25, -0.2) is 0 Å². The molecule has 1 aliphatic heterocycles. The maximum atomic E-state index is 13.4. The molecule has 3 aliphatic rings. The van der Waals surface area contributed by atoms with Crippen molar-refractivity contribution in [2.75, 3.05) is 36.5 Å². The van der Waals surface area contributed by atoms with Crippen LogP contribution in [-0.4, -0.2) is 38.0 Å². The Bertz CT molecular complexity index is 753. The molecule has 5 heteroatoms. The number of morpholine rings is 1. The second-order valence-corrected chi connectivity index (χ2v) is 8.71. The molecule has 0 radical (unpaired) electrons. The molecule has 2 saturated carbocycles. The lowest BCUT2D eigenvalue weighted by molar-refractivity contribution is -0.131. The molecule has 1 N–H and O–H groups in total. The Morgan fingerprint density at radius 3 is 2.42 bits per heavy atom. The summed E-state index contributed by atoms with van der Waals surface area (Å²) >= 11 is 0. The summed E-state index contributed by atoms with van der Waals surface area (Å²) in [5.74, 6) is 0.239. The van der Waals surface area contributed by atoms with E-state index >= 15 is 0 Å². The van der Waals surface area contributed by atoms with Gasteiger partial charge in [0.2, 0.25) is 5.91 Å². The molecule has 0 unspecified atom stereocenters. The van der Waals surface area contributed by atoms with Gasteiger partial charge in [-0.05, 0) is 30.4 Å². The van der Waals surface area contributed by atoms with E-state index in [2.05, 4.69) is 24.1 Å². The Balaban J connectivity index is 1.63. The van der Waals surface area contributed by atoms with Crippen molar-refractivity contribution in [3.8, 4) is 0 Å². The molecule has 3 fully saturated rings. The van der Waals surface area contributed by atoms with Crippen molar-refractivity contribution in [2.24, 2.45) is 16.2 Å². The summed E-state index contributed by atoms with van der Waals surface area (Å²) in [7, 11) is 0. The minimum absolute atomic E-state index is 0.00205. The fourth-order valence-electron chi connectivity index (χ4n) is 5.26. The standard InChI is InChI=1S/C21H28N2O3/c1-19(2)20(3)8-9-21(19,14-17(20)24)18(25)22-15-6-4-5-7-16(15)23-10-12-26-13-11-23/h4-7H,8-14H2,1-3H3,(H,22,25)/t20-,21+/m1/s1. The van der Waals surface area contributed by atoms with Crippen molar-refractivity contribution in [3.05, 3.63) is 24.3 Å². The van der Waals surface area contributed by atoms with E-state index in [0.717, 1.165) is 37.3 Å². The summed E-state index contributed by atoms with van der Waals surface area (Å²) in [6, 6.07) is 7.94. The molecule has 0 spiro atoms. The fraction of sp³-hybridized carbons (Fsp3) is 0.619. The molecule has 4 rings (SSSR count). The first kappa shape index (κ1) is 17.5. The maximum Gasteiger partial charge on any atom is 0.231 e. The van der Waals surface area contributed by atoms with Crippen molar-refractivity contribution in [2.45, 2.75) is 40.0 Å². The summed E-state index contributed by atoms with van der Waals surface area (Å²) in [4.78, 5) is 28.3. The SMILES string of the molecule is CC1(C)[C@@]2(C(=O)Nc3ccccc3N3CCOCC3)CC[C@]1(C)C(=O)C2. The summed E-state index contributed by atoms with van der Waals surface area (Å²) < 4.78 is 5.45. The van der Waals surface area contributed by atoms with E-state index in [1.54, 1.807) is 0 Å². The maximum absolute atomic E-state index is 13.4. The molecule has 140 valence electrons. The number of carbonyl (C=O) groups excluding carboxylic acids is 2. The number of carbonyl (C=O) groups is 2. The fourth-order valence-corrected chi connectivity index (χ4v) is 5.26. The molecule has 2 bridgehead atoms. The average molecular weight is 356 g/mol. The van der Waals surface area contributed by atoms with E-state index in [9.17, 15) is 9.59 Å². The van der Waals surface area contributed by atoms with Gasteiger partial charge >= 0.3 is 0 Å². The third-order valence-corrected chi connectivity index (χ3v) is 7.64. The minimum atomic E-state index is -0.600. The van der Waals surface area contributed by atoms with Gasteiger partial charge in [-0.3, -0.25) is 9.59 Å². The number of Topliss-reactive ketones (excluding diaryl/α,β-unsaturated/α-hetero) is 1. The molecule has 5 nitrogen and oxygen atoms in total. The van der Waals surface area contributed by atoms with E-state index in [1.165, 1.54) is 0 Å². The second kappa shape index (κ2) is 5.81. The van der Waals surface area contributed by atoms with E-state index in [4.69, 9.17) is 4.74 Å². The third-order valence-electron chi connectivity index (χ3n) is 7.64. The van der Waals surface area contributed by atoms with Gasteiger partial charge in [0, 0.05) is 24.9 Å². The molecular weight excluding hydrogens is 328 g/mol.